The highest BCUT2D eigenvalue weighted by Gasteiger charge is 1.92. The molecule has 0 spiro atoms. The van der Waals surface area contributed by atoms with Crippen molar-refractivity contribution in [3.8, 4) is 0 Å². The van der Waals surface area contributed by atoms with Crippen molar-refractivity contribution in [1.29, 1.82) is 0 Å². The summed E-state index contributed by atoms with van der Waals surface area (Å²) in [7, 11) is 0. The third-order valence-electron chi connectivity index (χ3n) is 0.477. The van der Waals surface area contributed by atoms with E-state index in [1.165, 1.54) is 6.20 Å². The summed E-state index contributed by atoms with van der Waals surface area (Å²) in [6.45, 7) is 3.12. The van der Waals surface area contributed by atoms with Crippen LogP contribution in [0.4, 0.5) is 0 Å². The molecule has 0 saturated carbocycles. The summed E-state index contributed by atoms with van der Waals surface area (Å²) in [6, 6.07) is 0. The highest BCUT2D eigenvalue weighted by Crippen LogP contribution is 1.63. The Bertz CT molecular complexity index is 92.0. The van der Waals surface area contributed by atoms with E-state index >= 15 is 0 Å². The molecule has 0 aliphatic carbocycles. The highest BCUT2D eigenvalue weighted by molar-refractivity contribution is 5.77. The second-order valence-corrected chi connectivity index (χ2v) is 1.08. The second kappa shape index (κ2) is 4.29. The normalized spacial score (nSPS) is 8.12. The van der Waals surface area contributed by atoms with Gasteiger partial charge in [-0.15, -0.1) is 0 Å². The van der Waals surface area contributed by atoms with Crippen molar-refractivity contribution < 1.29 is 9.63 Å². The lowest BCUT2D eigenvalue weighted by Gasteiger charge is -1.93. The zero-order valence-electron chi connectivity index (χ0n) is 4.39. The van der Waals surface area contributed by atoms with Gasteiger partial charge in [0.1, 0.15) is 6.61 Å². The Morgan fingerprint density at radius 2 is 2.62 bits per heavy atom. The molecule has 4 heteroatoms. The first-order valence-corrected chi connectivity index (χ1v) is 2.03. The van der Waals surface area contributed by atoms with Crippen LogP contribution in [0.2, 0.25) is 0 Å². The fraction of sp³-hybridized carbons (Fsp3) is 0.250. The largest absolute Gasteiger partial charge is 0.331 e. The standard InChI is InChI=1S/C4H8N2O2/c1-2-6-4(7)3-8-5/h2H,1,3,5H2,(H,6,7). The molecule has 0 bridgehead atoms. The quantitative estimate of drug-likeness (QED) is 0.471. The molecule has 0 aliphatic rings. The number of nitrogens with one attached hydrogen (secondary N) is 1. The van der Waals surface area contributed by atoms with Crippen LogP contribution in [0.3, 0.4) is 0 Å². The Labute approximate surface area is 47.3 Å². The van der Waals surface area contributed by atoms with Gasteiger partial charge < -0.3 is 5.32 Å². The van der Waals surface area contributed by atoms with E-state index in [1.54, 1.807) is 0 Å². The van der Waals surface area contributed by atoms with Gasteiger partial charge in [-0.3, -0.25) is 9.63 Å². The van der Waals surface area contributed by atoms with Crippen molar-refractivity contribution >= 4 is 5.91 Å². The molecule has 0 aliphatic heterocycles. The Balaban J connectivity index is 3.18. The number of carbonyl (C=O) groups excluding carboxylic acids is 1. The Morgan fingerprint density at radius 1 is 2.00 bits per heavy atom. The van der Waals surface area contributed by atoms with Gasteiger partial charge >= 0.3 is 0 Å². The molecule has 0 aromatic heterocycles. The van der Waals surface area contributed by atoms with Crippen LogP contribution < -0.4 is 11.2 Å². The molecule has 0 rings (SSSR count). The molecular weight excluding hydrogens is 108 g/mol. The fourth-order valence-electron chi connectivity index (χ4n) is 0.231. The molecule has 0 fully saturated rings. The highest BCUT2D eigenvalue weighted by atomic mass is 16.6. The van der Waals surface area contributed by atoms with E-state index in [9.17, 15) is 4.79 Å². The predicted octanol–water partition coefficient (Wildman–Crippen LogP) is -0.864. The smallest absolute Gasteiger partial charge is 0.252 e. The average Bonchev–Trinajstić information content (AvgIpc) is 1.68. The van der Waals surface area contributed by atoms with Gasteiger partial charge in [-0.1, -0.05) is 6.58 Å². The van der Waals surface area contributed by atoms with Crippen LogP contribution in [-0.4, -0.2) is 12.5 Å². The molecule has 46 valence electrons. The molecule has 0 aromatic carbocycles. The predicted molar refractivity (Wildman–Crippen MR) is 28.5 cm³/mol. The van der Waals surface area contributed by atoms with Crippen LogP contribution in [0.5, 0.6) is 0 Å². The van der Waals surface area contributed by atoms with Crippen LogP contribution in [0.25, 0.3) is 0 Å². The van der Waals surface area contributed by atoms with E-state index in [1.807, 2.05) is 0 Å². The maximum atomic E-state index is 10.3. The maximum Gasteiger partial charge on any atom is 0.252 e. The molecular formula is C4H8N2O2. The number of hydrogen-bond acceptors (Lipinski definition) is 3. The van der Waals surface area contributed by atoms with Crippen molar-refractivity contribution in [3.63, 3.8) is 0 Å². The van der Waals surface area contributed by atoms with E-state index in [0.29, 0.717) is 0 Å². The Hall–Kier alpha value is -0.870. The van der Waals surface area contributed by atoms with Crippen molar-refractivity contribution in [2.24, 2.45) is 5.90 Å². The molecule has 0 radical (unpaired) electrons. The van der Waals surface area contributed by atoms with Crippen LogP contribution in [-0.2, 0) is 9.63 Å². The van der Waals surface area contributed by atoms with Gasteiger partial charge in [0.05, 0.1) is 0 Å². The number of hydrogen-bond donors (Lipinski definition) is 2. The van der Waals surface area contributed by atoms with E-state index in [4.69, 9.17) is 0 Å². The molecule has 1 amide bonds. The molecule has 0 aromatic rings. The maximum absolute atomic E-state index is 10.3. The topological polar surface area (TPSA) is 64.3 Å². The van der Waals surface area contributed by atoms with Gasteiger partial charge in [-0.05, 0) is 6.20 Å². The third-order valence-corrected chi connectivity index (χ3v) is 0.477. The van der Waals surface area contributed by atoms with Crippen molar-refractivity contribution in [3.05, 3.63) is 12.8 Å². The number of nitrogens with two attached hydrogens (primary N) is 1. The van der Waals surface area contributed by atoms with Crippen molar-refractivity contribution in [1.82, 2.24) is 5.32 Å². The zero-order valence-corrected chi connectivity index (χ0v) is 4.39. The molecule has 8 heavy (non-hydrogen) atoms. The summed E-state index contributed by atoms with van der Waals surface area (Å²) in [5.74, 6) is 4.26. The van der Waals surface area contributed by atoms with Gasteiger partial charge in [0, 0.05) is 0 Å². The average molecular weight is 116 g/mol. The minimum Gasteiger partial charge on any atom is -0.331 e. The Morgan fingerprint density at radius 3 is 3.00 bits per heavy atom. The van der Waals surface area contributed by atoms with E-state index in [0.717, 1.165) is 0 Å². The van der Waals surface area contributed by atoms with Crippen LogP contribution in [0.1, 0.15) is 0 Å². The lowest BCUT2D eigenvalue weighted by Crippen LogP contribution is -2.23. The van der Waals surface area contributed by atoms with Crippen molar-refractivity contribution in [2.45, 2.75) is 0 Å². The SMILES string of the molecule is C=CNC(=O)CON. The summed E-state index contributed by atoms with van der Waals surface area (Å²) < 4.78 is 0. The minimum atomic E-state index is -0.303. The Kier molecular flexibility index (Phi) is 3.83. The van der Waals surface area contributed by atoms with Gasteiger partial charge in [-0.25, -0.2) is 5.90 Å². The van der Waals surface area contributed by atoms with Crippen molar-refractivity contribution in [2.75, 3.05) is 6.61 Å². The lowest BCUT2D eigenvalue weighted by atomic mass is 10.6. The summed E-state index contributed by atoms with van der Waals surface area (Å²) in [4.78, 5) is 14.3. The molecule has 3 N–H and O–H groups in total. The monoisotopic (exact) mass is 116 g/mol. The van der Waals surface area contributed by atoms with Crippen LogP contribution in [0.15, 0.2) is 12.8 Å². The minimum absolute atomic E-state index is 0.133. The van der Waals surface area contributed by atoms with E-state index < -0.39 is 0 Å². The summed E-state index contributed by atoms with van der Waals surface area (Å²) >= 11 is 0. The molecule has 4 nitrogen and oxygen atoms in total. The third kappa shape index (κ3) is 3.32. The number of rotatable bonds is 3. The molecule has 0 atom stereocenters. The van der Waals surface area contributed by atoms with E-state index in [-0.39, 0.29) is 12.5 Å². The van der Waals surface area contributed by atoms with Crippen LogP contribution >= 0.6 is 0 Å². The summed E-state index contributed by atoms with van der Waals surface area (Å²) in [5.41, 5.74) is 0. The number of carbonyl (C=O) groups is 1. The second-order valence-electron chi connectivity index (χ2n) is 1.08. The van der Waals surface area contributed by atoms with E-state index in [2.05, 4.69) is 22.6 Å². The first-order valence-electron chi connectivity index (χ1n) is 2.03. The molecule has 0 unspecified atom stereocenters. The van der Waals surface area contributed by atoms with Gasteiger partial charge in [-0.2, -0.15) is 0 Å². The zero-order chi connectivity index (χ0) is 6.41. The molecule has 0 heterocycles. The first-order chi connectivity index (χ1) is 3.81. The molecule has 0 saturated heterocycles. The van der Waals surface area contributed by atoms with Gasteiger partial charge in [0.25, 0.3) is 5.91 Å². The lowest BCUT2D eigenvalue weighted by molar-refractivity contribution is -0.124. The summed E-state index contributed by atoms with van der Waals surface area (Å²) in [6.07, 6.45) is 1.27. The first kappa shape index (κ1) is 7.13. The summed E-state index contributed by atoms with van der Waals surface area (Å²) in [5, 5.41) is 2.27. The fourth-order valence-corrected chi connectivity index (χ4v) is 0.231. The van der Waals surface area contributed by atoms with Gasteiger partial charge in [0.2, 0.25) is 0 Å². The number of amides is 1. The van der Waals surface area contributed by atoms with Crippen LogP contribution in [0, 0.1) is 0 Å². The van der Waals surface area contributed by atoms with Gasteiger partial charge in [0.15, 0.2) is 0 Å².